The fraction of sp³-hybridized carbons (Fsp3) is 0.391. The Kier molecular flexibility index (Phi) is 5.58. The third kappa shape index (κ3) is 4.02. The quantitative estimate of drug-likeness (QED) is 0.773. The van der Waals surface area contributed by atoms with Gasteiger partial charge in [0.05, 0.1) is 12.7 Å². The molecule has 2 aliphatic rings. The van der Waals surface area contributed by atoms with Crippen LogP contribution in [0.4, 0.5) is 8.78 Å². The molecule has 1 unspecified atom stereocenters. The van der Waals surface area contributed by atoms with E-state index >= 15 is 0 Å². The second-order valence-corrected chi connectivity index (χ2v) is 8.02. The summed E-state index contributed by atoms with van der Waals surface area (Å²) in [6.45, 7) is 3.58. The lowest BCUT2D eigenvalue weighted by atomic mass is 10.0. The Balaban J connectivity index is 1.60. The minimum atomic E-state index is -0.405. The van der Waals surface area contributed by atoms with Crippen LogP contribution < -0.4 is 0 Å². The zero-order chi connectivity index (χ0) is 19.7. The van der Waals surface area contributed by atoms with Gasteiger partial charge in [0.15, 0.2) is 0 Å². The summed E-state index contributed by atoms with van der Waals surface area (Å²) in [6, 6.07) is 14.5. The maximum Gasteiger partial charge on any atom is 0.130 e. The lowest BCUT2D eigenvalue weighted by molar-refractivity contribution is 0.118. The van der Waals surface area contributed by atoms with Crippen molar-refractivity contribution in [2.45, 2.75) is 18.5 Å². The lowest BCUT2D eigenvalue weighted by Crippen LogP contribution is -2.42. The van der Waals surface area contributed by atoms with Crippen molar-refractivity contribution in [2.75, 3.05) is 40.4 Å². The molecular formula is C23H27F2N3. The molecule has 2 aliphatic heterocycles. The van der Waals surface area contributed by atoms with Crippen molar-refractivity contribution in [3.8, 4) is 0 Å². The summed E-state index contributed by atoms with van der Waals surface area (Å²) in [5, 5.41) is 0. The molecule has 2 aromatic rings. The molecule has 0 aliphatic carbocycles. The second kappa shape index (κ2) is 8.11. The van der Waals surface area contributed by atoms with Crippen LogP contribution in [0, 0.1) is 11.6 Å². The van der Waals surface area contributed by atoms with E-state index in [4.69, 9.17) is 0 Å². The third-order valence-electron chi connectivity index (χ3n) is 5.94. The SMILES string of the molecule is CN1CC[C@@H](N(C)CN2CC(c3cc(F)ccc3F)=CC2c2ccccc2)C1. The molecule has 0 N–H and O–H groups in total. The van der Waals surface area contributed by atoms with Gasteiger partial charge in [-0.15, -0.1) is 0 Å². The molecule has 0 bridgehead atoms. The van der Waals surface area contributed by atoms with E-state index < -0.39 is 5.82 Å². The minimum absolute atomic E-state index is 0.0560. The van der Waals surface area contributed by atoms with Crippen LogP contribution >= 0.6 is 0 Å². The van der Waals surface area contributed by atoms with E-state index in [-0.39, 0.29) is 11.9 Å². The number of rotatable bonds is 5. The van der Waals surface area contributed by atoms with Crippen LogP contribution in [0.15, 0.2) is 54.6 Å². The van der Waals surface area contributed by atoms with Gasteiger partial charge in [-0.05, 0) is 56.4 Å². The average molecular weight is 383 g/mol. The maximum atomic E-state index is 14.4. The van der Waals surface area contributed by atoms with Crippen LogP contribution in [0.3, 0.4) is 0 Å². The summed E-state index contributed by atoms with van der Waals surface area (Å²) in [5.74, 6) is -0.773. The van der Waals surface area contributed by atoms with E-state index in [0.717, 1.165) is 31.8 Å². The first-order valence-electron chi connectivity index (χ1n) is 9.85. The highest BCUT2D eigenvalue weighted by molar-refractivity contribution is 5.70. The normalized spacial score (nSPS) is 23.5. The molecule has 2 aromatic carbocycles. The number of hydrogen-bond donors (Lipinski definition) is 0. The molecule has 1 fully saturated rings. The standard InChI is InChI=1S/C23H27F2N3/c1-26-11-10-20(15-26)27(2)16-28-14-18(21-13-19(24)8-9-22(21)25)12-23(28)17-6-4-3-5-7-17/h3-9,12-13,20,23H,10-11,14-16H2,1-2H3/t20-,23?/m1/s1. The van der Waals surface area contributed by atoms with Gasteiger partial charge in [-0.1, -0.05) is 36.4 Å². The molecule has 148 valence electrons. The van der Waals surface area contributed by atoms with Crippen molar-refractivity contribution in [1.29, 1.82) is 0 Å². The van der Waals surface area contributed by atoms with Crippen molar-refractivity contribution >= 4 is 5.57 Å². The Morgan fingerprint density at radius 3 is 2.61 bits per heavy atom. The van der Waals surface area contributed by atoms with Crippen molar-refractivity contribution in [1.82, 2.24) is 14.7 Å². The van der Waals surface area contributed by atoms with Gasteiger partial charge in [-0.2, -0.15) is 0 Å². The van der Waals surface area contributed by atoms with Gasteiger partial charge in [-0.25, -0.2) is 8.78 Å². The van der Waals surface area contributed by atoms with Crippen LogP contribution in [0.2, 0.25) is 0 Å². The fourth-order valence-corrected chi connectivity index (χ4v) is 4.35. The second-order valence-electron chi connectivity index (χ2n) is 8.02. The van der Waals surface area contributed by atoms with E-state index in [1.54, 1.807) is 0 Å². The average Bonchev–Trinajstić information content (AvgIpc) is 3.31. The van der Waals surface area contributed by atoms with E-state index in [9.17, 15) is 8.78 Å². The summed E-state index contributed by atoms with van der Waals surface area (Å²) in [4.78, 5) is 7.08. The first kappa shape index (κ1) is 19.2. The molecule has 3 nitrogen and oxygen atoms in total. The highest BCUT2D eigenvalue weighted by atomic mass is 19.1. The molecule has 0 amide bonds. The van der Waals surface area contributed by atoms with Crippen LogP contribution in [0.5, 0.6) is 0 Å². The summed E-state index contributed by atoms with van der Waals surface area (Å²) in [7, 11) is 4.31. The maximum absolute atomic E-state index is 14.4. The highest BCUT2D eigenvalue weighted by Gasteiger charge is 2.31. The zero-order valence-corrected chi connectivity index (χ0v) is 16.5. The fourth-order valence-electron chi connectivity index (χ4n) is 4.35. The Morgan fingerprint density at radius 2 is 1.89 bits per heavy atom. The number of nitrogens with zero attached hydrogens (tertiary/aromatic N) is 3. The van der Waals surface area contributed by atoms with Gasteiger partial charge in [0.2, 0.25) is 0 Å². The monoisotopic (exact) mass is 383 g/mol. The van der Waals surface area contributed by atoms with E-state index in [1.165, 1.54) is 23.8 Å². The zero-order valence-electron chi connectivity index (χ0n) is 16.5. The van der Waals surface area contributed by atoms with E-state index in [0.29, 0.717) is 18.2 Å². The van der Waals surface area contributed by atoms with Crippen LogP contribution in [0.1, 0.15) is 23.6 Å². The number of benzene rings is 2. The van der Waals surface area contributed by atoms with Gasteiger partial charge < -0.3 is 4.90 Å². The number of halogens is 2. The van der Waals surface area contributed by atoms with Crippen molar-refractivity contribution in [3.63, 3.8) is 0 Å². The molecule has 5 heteroatoms. The van der Waals surface area contributed by atoms with Crippen LogP contribution in [0.25, 0.3) is 5.57 Å². The summed E-state index contributed by atoms with van der Waals surface area (Å²) in [6.07, 6.45) is 3.25. The molecule has 2 atom stereocenters. The molecule has 0 aromatic heterocycles. The Labute approximate surface area is 165 Å². The third-order valence-corrected chi connectivity index (χ3v) is 5.94. The summed E-state index contributed by atoms with van der Waals surface area (Å²) < 4.78 is 28.1. The van der Waals surface area contributed by atoms with Crippen LogP contribution in [-0.2, 0) is 0 Å². The minimum Gasteiger partial charge on any atom is -0.305 e. The van der Waals surface area contributed by atoms with Gasteiger partial charge in [0.1, 0.15) is 11.6 Å². The van der Waals surface area contributed by atoms with E-state index in [2.05, 4.69) is 47.0 Å². The Hall–Kier alpha value is -2.08. The Morgan fingerprint density at radius 1 is 1.11 bits per heavy atom. The first-order chi connectivity index (χ1) is 13.5. The van der Waals surface area contributed by atoms with Crippen molar-refractivity contribution in [3.05, 3.63) is 77.4 Å². The number of likely N-dealkylation sites (N-methyl/N-ethyl adjacent to an activating group) is 2. The predicted molar refractivity (Wildman–Crippen MR) is 109 cm³/mol. The van der Waals surface area contributed by atoms with Crippen molar-refractivity contribution < 1.29 is 8.78 Å². The molecule has 28 heavy (non-hydrogen) atoms. The lowest BCUT2D eigenvalue weighted by Gasteiger charge is -2.33. The van der Waals surface area contributed by atoms with Gasteiger partial charge in [0.25, 0.3) is 0 Å². The van der Waals surface area contributed by atoms with Gasteiger partial charge >= 0.3 is 0 Å². The van der Waals surface area contributed by atoms with Crippen molar-refractivity contribution in [2.24, 2.45) is 0 Å². The van der Waals surface area contributed by atoms with Gasteiger partial charge in [0, 0.05) is 24.7 Å². The molecule has 0 radical (unpaired) electrons. The van der Waals surface area contributed by atoms with Gasteiger partial charge in [-0.3, -0.25) is 9.80 Å². The topological polar surface area (TPSA) is 9.72 Å². The summed E-state index contributed by atoms with van der Waals surface area (Å²) >= 11 is 0. The van der Waals surface area contributed by atoms with Crippen LogP contribution in [-0.4, -0.2) is 61.1 Å². The smallest absolute Gasteiger partial charge is 0.130 e. The first-order valence-corrected chi connectivity index (χ1v) is 9.85. The molecule has 1 saturated heterocycles. The molecule has 2 heterocycles. The Bertz CT molecular complexity index is 852. The summed E-state index contributed by atoms with van der Waals surface area (Å²) in [5.41, 5.74) is 2.39. The molecular weight excluding hydrogens is 356 g/mol. The highest BCUT2D eigenvalue weighted by Crippen LogP contribution is 2.36. The molecule has 4 rings (SSSR count). The largest absolute Gasteiger partial charge is 0.305 e. The molecule has 0 saturated carbocycles. The molecule has 0 spiro atoms. The van der Waals surface area contributed by atoms with E-state index in [1.807, 2.05) is 18.2 Å². The number of likely N-dealkylation sites (tertiary alicyclic amines) is 1. The predicted octanol–water partition coefficient (Wildman–Crippen LogP) is 4.00. The number of hydrogen-bond acceptors (Lipinski definition) is 3.